The number of nitrogens with one attached hydrogen (secondary N) is 2. The Hall–Kier alpha value is -3.00. The van der Waals surface area contributed by atoms with Gasteiger partial charge in [0, 0.05) is 12.6 Å². The first-order chi connectivity index (χ1) is 11.5. The Morgan fingerprint density at radius 3 is 2.50 bits per heavy atom. The number of hydrogen-bond donors (Lipinski definition) is 2. The van der Waals surface area contributed by atoms with E-state index in [2.05, 4.69) is 10.6 Å². The van der Waals surface area contributed by atoms with Crippen molar-refractivity contribution in [2.24, 2.45) is 0 Å². The monoisotopic (exact) mass is 345 g/mol. The van der Waals surface area contributed by atoms with Gasteiger partial charge in [0.05, 0.1) is 12.0 Å². The molecule has 24 heavy (non-hydrogen) atoms. The summed E-state index contributed by atoms with van der Waals surface area (Å²) in [6, 6.07) is 13.0. The van der Waals surface area contributed by atoms with E-state index >= 15 is 0 Å². The molecule has 0 saturated heterocycles. The fourth-order valence-electron chi connectivity index (χ4n) is 1.97. The molecule has 8 heteroatoms. The lowest BCUT2D eigenvalue weighted by Gasteiger charge is -2.10. The van der Waals surface area contributed by atoms with Crippen LogP contribution < -0.4 is 15.4 Å². The van der Waals surface area contributed by atoms with Crippen molar-refractivity contribution in [3.63, 3.8) is 0 Å². The van der Waals surface area contributed by atoms with E-state index < -0.39 is 10.8 Å². The number of nitro benzene ring substituents is 1. The molecule has 0 radical (unpaired) electrons. The molecule has 0 aliphatic rings. The smallest absolute Gasteiger partial charge is 0.282 e. The van der Waals surface area contributed by atoms with Gasteiger partial charge >= 0.3 is 0 Å². The highest BCUT2D eigenvalue weighted by Gasteiger charge is 2.19. The van der Waals surface area contributed by atoms with E-state index in [1.54, 1.807) is 13.2 Å². The number of para-hydroxylation sites is 1. The van der Waals surface area contributed by atoms with E-state index in [0.717, 1.165) is 11.3 Å². The van der Waals surface area contributed by atoms with Gasteiger partial charge in [0.1, 0.15) is 11.3 Å². The lowest BCUT2D eigenvalue weighted by Crippen LogP contribution is -2.39. The third kappa shape index (κ3) is 4.50. The van der Waals surface area contributed by atoms with Crippen LogP contribution in [0.4, 0.5) is 5.69 Å². The number of carbonyl (C=O) groups excluding carboxylic acids is 1. The van der Waals surface area contributed by atoms with E-state index in [1.165, 1.54) is 18.2 Å². The molecule has 2 aromatic rings. The van der Waals surface area contributed by atoms with E-state index in [9.17, 15) is 14.9 Å². The quantitative estimate of drug-likeness (QED) is 0.491. The minimum atomic E-state index is -0.630. The standard InChI is InChI=1S/C16H15N3O4S/c1-23-12-8-6-11(7-9-12)10-17-16(24)18-15(20)13-4-2-3-5-14(13)19(21)22/h2-9H,10H2,1H3,(H2,17,18,20,24). The predicted molar refractivity (Wildman–Crippen MR) is 93.0 cm³/mol. The van der Waals surface area contributed by atoms with Crippen LogP contribution in [0, 0.1) is 10.1 Å². The van der Waals surface area contributed by atoms with E-state index in [1.807, 2.05) is 24.3 Å². The molecule has 0 spiro atoms. The summed E-state index contributed by atoms with van der Waals surface area (Å²) >= 11 is 5.05. The van der Waals surface area contributed by atoms with Gasteiger partial charge in [0.15, 0.2) is 5.11 Å². The van der Waals surface area contributed by atoms with Crippen molar-refractivity contribution in [1.29, 1.82) is 0 Å². The van der Waals surface area contributed by atoms with E-state index in [0.29, 0.717) is 6.54 Å². The number of amides is 1. The number of ether oxygens (including phenoxy) is 1. The third-order valence-electron chi connectivity index (χ3n) is 3.18. The topological polar surface area (TPSA) is 93.5 Å². The van der Waals surface area contributed by atoms with Gasteiger partial charge in [-0.25, -0.2) is 0 Å². The Balaban J connectivity index is 1.94. The van der Waals surface area contributed by atoms with Crippen molar-refractivity contribution >= 4 is 28.9 Å². The van der Waals surface area contributed by atoms with Crippen molar-refractivity contribution in [2.75, 3.05) is 7.11 Å². The first kappa shape index (κ1) is 17.4. The average Bonchev–Trinajstić information content (AvgIpc) is 2.60. The number of hydrogen-bond acceptors (Lipinski definition) is 5. The molecule has 2 rings (SSSR count). The Morgan fingerprint density at radius 1 is 1.21 bits per heavy atom. The molecule has 2 N–H and O–H groups in total. The number of rotatable bonds is 5. The van der Waals surface area contributed by atoms with Crippen LogP contribution in [0.2, 0.25) is 0 Å². The van der Waals surface area contributed by atoms with Gasteiger partial charge in [-0.3, -0.25) is 20.2 Å². The maximum atomic E-state index is 12.1. The number of thiocarbonyl (C=S) groups is 1. The van der Waals surface area contributed by atoms with Gasteiger partial charge in [-0.1, -0.05) is 24.3 Å². The predicted octanol–water partition coefficient (Wildman–Crippen LogP) is 2.41. The molecule has 0 unspecified atom stereocenters. The zero-order valence-electron chi connectivity index (χ0n) is 12.8. The Kier molecular flexibility index (Phi) is 5.80. The second-order valence-corrected chi connectivity index (χ2v) is 5.17. The largest absolute Gasteiger partial charge is 0.497 e. The highest BCUT2D eigenvalue weighted by atomic mass is 32.1. The molecule has 1 amide bonds. The highest BCUT2D eigenvalue weighted by Crippen LogP contribution is 2.17. The zero-order chi connectivity index (χ0) is 17.5. The van der Waals surface area contributed by atoms with Gasteiger partial charge in [0.2, 0.25) is 0 Å². The van der Waals surface area contributed by atoms with Gasteiger partial charge < -0.3 is 10.1 Å². The SMILES string of the molecule is COc1ccc(CNC(=S)NC(=O)c2ccccc2[N+](=O)[O-])cc1. The van der Waals surface area contributed by atoms with Crippen LogP contribution in [0.15, 0.2) is 48.5 Å². The molecule has 0 aromatic heterocycles. The molecule has 0 atom stereocenters. The van der Waals surface area contributed by atoms with E-state index in [-0.39, 0.29) is 16.4 Å². The van der Waals surface area contributed by atoms with Crippen LogP contribution in [0.3, 0.4) is 0 Å². The van der Waals surface area contributed by atoms with Gasteiger partial charge in [-0.2, -0.15) is 0 Å². The molecule has 0 bridgehead atoms. The molecule has 0 heterocycles. The number of nitrogens with zero attached hydrogens (tertiary/aromatic N) is 1. The lowest BCUT2D eigenvalue weighted by atomic mass is 10.1. The van der Waals surface area contributed by atoms with E-state index in [4.69, 9.17) is 17.0 Å². The normalized spacial score (nSPS) is 9.88. The second kappa shape index (κ2) is 8.02. The van der Waals surface area contributed by atoms with Crippen LogP contribution in [0.1, 0.15) is 15.9 Å². The van der Waals surface area contributed by atoms with Crippen LogP contribution in [-0.4, -0.2) is 23.1 Å². The molecular weight excluding hydrogens is 330 g/mol. The van der Waals surface area contributed by atoms with Gasteiger partial charge in [-0.05, 0) is 36.0 Å². The Bertz CT molecular complexity index is 762. The molecule has 2 aromatic carbocycles. The van der Waals surface area contributed by atoms with Crippen molar-refractivity contribution in [3.8, 4) is 5.75 Å². The molecular formula is C16H15N3O4S. The summed E-state index contributed by atoms with van der Waals surface area (Å²) in [5.41, 5.74) is 0.627. The van der Waals surface area contributed by atoms with Crippen LogP contribution in [0.5, 0.6) is 5.75 Å². The van der Waals surface area contributed by atoms with Crippen molar-refractivity contribution in [3.05, 3.63) is 69.8 Å². The molecule has 0 aliphatic carbocycles. The molecule has 0 aliphatic heterocycles. The fourth-order valence-corrected chi connectivity index (χ4v) is 2.13. The van der Waals surface area contributed by atoms with Gasteiger partial charge in [-0.15, -0.1) is 0 Å². The van der Waals surface area contributed by atoms with Crippen molar-refractivity contribution in [2.45, 2.75) is 6.54 Å². The maximum Gasteiger partial charge on any atom is 0.282 e. The summed E-state index contributed by atoms with van der Waals surface area (Å²) in [5, 5.41) is 16.3. The molecule has 0 fully saturated rings. The Morgan fingerprint density at radius 2 is 1.88 bits per heavy atom. The van der Waals surface area contributed by atoms with Crippen LogP contribution in [0.25, 0.3) is 0 Å². The summed E-state index contributed by atoms with van der Waals surface area (Å²) in [7, 11) is 1.58. The molecule has 7 nitrogen and oxygen atoms in total. The van der Waals surface area contributed by atoms with Crippen LogP contribution in [-0.2, 0) is 6.54 Å². The van der Waals surface area contributed by atoms with Gasteiger partial charge in [0.25, 0.3) is 11.6 Å². The maximum absolute atomic E-state index is 12.1. The number of benzene rings is 2. The average molecular weight is 345 g/mol. The summed E-state index contributed by atoms with van der Waals surface area (Å²) in [5.74, 6) is 0.112. The summed E-state index contributed by atoms with van der Waals surface area (Å²) in [6.07, 6.45) is 0. The highest BCUT2D eigenvalue weighted by molar-refractivity contribution is 7.80. The van der Waals surface area contributed by atoms with Crippen molar-refractivity contribution < 1.29 is 14.5 Å². The summed E-state index contributed by atoms with van der Waals surface area (Å²) in [4.78, 5) is 22.4. The zero-order valence-corrected chi connectivity index (χ0v) is 13.6. The number of nitro groups is 1. The van der Waals surface area contributed by atoms with Crippen molar-refractivity contribution in [1.82, 2.24) is 10.6 Å². The summed E-state index contributed by atoms with van der Waals surface area (Å²) in [6.45, 7) is 0.403. The number of methoxy groups -OCH3 is 1. The lowest BCUT2D eigenvalue weighted by molar-refractivity contribution is -0.385. The van der Waals surface area contributed by atoms with Crippen LogP contribution >= 0.6 is 12.2 Å². The first-order valence-corrected chi connectivity index (χ1v) is 7.37. The molecule has 0 saturated carbocycles. The Labute approximate surface area is 143 Å². The number of carbonyl (C=O) groups is 1. The molecule has 124 valence electrons. The summed E-state index contributed by atoms with van der Waals surface area (Å²) < 4.78 is 5.07. The minimum absolute atomic E-state index is 0.0453. The third-order valence-corrected chi connectivity index (χ3v) is 3.43. The minimum Gasteiger partial charge on any atom is -0.497 e. The fraction of sp³-hybridized carbons (Fsp3) is 0.125. The second-order valence-electron chi connectivity index (χ2n) is 4.76. The first-order valence-electron chi connectivity index (χ1n) is 6.97.